The average molecular weight is 364 g/mol. The Morgan fingerprint density at radius 1 is 0.926 bits per heavy atom. The highest BCUT2D eigenvalue weighted by atomic mass is 16.7. The lowest BCUT2D eigenvalue weighted by atomic mass is 9.89. The van der Waals surface area contributed by atoms with E-state index in [1.54, 1.807) is 0 Å². The van der Waals surface area contributed by atoms with Crippen molar-refractivity contribution in [2.45, 2.75) is 6.92 Å². The van der Waals surface area contributed by atoms with Crippen LogP contribution in [0.5, 0.6) is 23.0 Å². The first-order chi connectivity index (χ1) is 13.2. The molecule has 136 valence electrons. The normalized spacial score (nSPS) is 13.9. The third-order valence-corrected chi connectivity index (χ3v) is 4.97. The van der Waals surface area contributed by atoms with E-state index in [1.165, 1.54) is 7.11 Å². The van der Waals surface area contributed by atoms with Gasteiger partial charge in [-0.15, -0.1) is 0 Å². The molecule has 0 amide bonds. The standard InChI is InChI=1S/C21H16O6/c1-11-14(21(22)23-2)7-12-4-6-16-20(27-10-25-16)19(12)18(11)13-3-5-15-17(8-13)26-9-24-15/h3-8H,9-10H2,1-2H3. The minimum atomic E-state index is -0.380. The molecule has 0 fully saturated rings. The van der Waals surface area contributed by atoms with E-state index in [1.807, 2.05) is 43.3 Å². The van der Waals surface area contributed by atoms with Gasteiger partial charge < -0.3 is 23.7 Å². The third kappa shape index (κ3) is 2.30. The van der Waals surface area contributed by atoms with Crippen LogP contribution < -0.4 is 18.9 Å². The quantitative estimate of drug-likeness (QED) is 0.639. The zero-order valence-corrected chi connectivity index (χ0v) is 14.8. The number of carbonyl (C=O) groups is 1. The van der Waals surface area contributed by atoms with Crippen molar-refractivity contribution in [3.63, 3.8) is 0 Å². The topological polar surface area (TPSA) is 63.2 Å². The average Bonchev–Trinajstić information content (AvgIpc) is 3.35. The molecule has 0 radical (unpaired) electrons. The number of benzene rings is 3. The second kappa shape index (κ2) is 5.81. The summed E-state index contributed by atoms with van der Waals surface area (Å²) in [5, 5.41) is 1.77. The zero-order chi connectivity index (χ0) is 18.5. The fourth-order valence-corrected chi connectivity index (χ4v) is 3.69. The van der Waals surface area contributed by atoms with Crippen molar-refractivity contribution in [3.05, 3.63) is 47.5 Å². The van der Waals surface area contributed by atoms with E-state index in [4.69, 9.17) is 23.7 Å². The fourth-order valence-electron chi connectivity index (χ4n) is 3.69. The molecule has 0 aliphatic carbocycles. The molecule has 3 aromatic carbocycles. The highest BCUT2D eigenvalue weighted by Crippen LogP contribution is 2.47. The summed E-state index contributed by atoms with van der Waals surface area (Å²) in [5.74, 6) is 2.37. The molecule has 0 atom stereocenters. The van der Waals surface area contributed by atoms with Gasteiger partial charge in [0.2, 0.25) is 13.6 Å². The number of rotatable bonds is 2. The fraction of sp³-hybridized carbons (Fsp3) is 0.190. The van der Waals surface area contributed by atoms with E-state index < -0.39 is 0 Å². The van der Waals surface area contributed by atoms with Gasteiger partial charge in [0.05, 0.1) is 12.7 Å². The Balaban J connectivity index is 1.87. The van der Waals surface area contributed by atoms with Crippen LogP contribution in [0.4, 0.5) is 0 Å². The Kier molecular flexibility index (Phi) is 3.40. The van der Waals surface area contributed by atoms with E-state index in [-0.39, 0.29) is 19.6 Å². The molecule has 0 aromatic heterocycles. The molecule has 5 rings (SSSR count). The van der Waals surface area contributed by atoms with Crippen LogP contribution in [0.1, 0.15) is 15.9 Å². The summed E-state index contributed by atoms with van der Waals surface area (Å²) in [6.45, 7) is 2.28. The highest BCUT2D eigenvalue weighted by Gasteiger charge is 2.25. The van der Waals surface area contributed by atoms with Crippen LogP contribution in [-0.4, -0.2) is 26.7 Å². The molecule has 6 nitrogen and oxygen atoms in total. The number of hydrogen-bond donors (Lipinski definition) is 0. The molecule has 27 heavy (non-hydrogen) atoms. The van der Waals surface area contributed by atoms with E-state index in [9.17, 15) is 4.79 Å². The Morgan fingerprint density at radius 3 is 2.52 bits per heavy atom. The van der Waals surface area contributed by atoms with E-state index in [0.29, 0.717) is 28.6 Å². The van der Waals surface area contributed by atoms with Crippen LogP contribution in [0.15, 0.2) is 36.4 Å². The van der Waals surface area contributed by atoms with Gasteiger partial charge in [-0.05, 0) is 53.3 Å². The highest BCUT2D eigenvalue weighted by molar-refractivity contribution is 6.09. The molecule has 0 unspecified atom stereocenters. The molecule has 2 aliphatic heterocycles. The minimum Gasteiger partial charge on any atom is -0.465 e. The number of hydrogen-bond acceptors (Lipinski definition) is 6. The van der Waals surface area contributed by atoms with Crippen LogP contribution >= 0.6 is 0 Å². The third-order valence-electron chi connectivity index (χ3n) is 4.97. The van der Waals surface area contributed by atoms with E-state index in [0.717, 1.165) is 27.5 Å². The van der Waals surface area contributed by atoms with Gasteiger partial charge in [0.1, 0.15) is 0 Å². The van der Waals surface area contributed by atoms with Gasteiger partial charge in [-0.3, -0.25) is 0 Å². The van der Waals surface area contributed by atoms with E-state index in [2.05, 4.69) is 0 Å². The first kappa shape index (κ1) is 15.8. The van der Waals surface area contributed by atoms with Crippen molar-refractivity contribution in [1.29, 1.82) is 0 Å². The predicted octanol–water partition coefficient (Wildman–Crippen LogP) is 4.06. The van der Waals surface area contributed by atoms with Gasteiger partial charge in [-0.1, -0.05) is 12.1 Å². The molecule has 0 N–H and O–H groups in total. The number of methoxy groups -OCH3 is 1. The molecular weight excluding hydrogens is 348 g/mol. The molecule has 2 aliphatic rings. The molecule has 0 saturated carbocycles. The predicted molar refractivity (Wildman–Crippen MR) is 97.7 cm³/mol. The number of fused-ring (bicyclic) bond motifs is 4. The number of ether oxygens (including phenoxy) is 5. The van der Waals surface area contributed by atoms with Crippen molar-refractivity contribution >= 4 is 16.7 Å². The number of carbonyl (C=O) groups excluding carboxylic acids is 1. The Bertz CT molecular complexity index is 1100. The molecule has 3 aromatic rings. The smallest absolute Gasteiger partial charge is 0.338 e. The molecule has 0 bridgehead atoms. The van der Waals surface area contributed by atoms with E-state index >= 15 is 0 Å². The minimum absolute atomic E-state index is 0.173. The Hall–Kier alpha value is -3.41. The van der Waals surface area contributed by atoms with Gasteiger partial charge >= 0.3 is 5.97 Å². The lowest BCUT2D eigenvalue weighted by Gasteiger charge is -2.16. The van der Waals surface area contributed by atoms with Crippen LogP contribution in [0.2, 0.25) is 0 Å². The molecule has 0 saturated heterocycles. The monoisotopic (exact) mass is 364 g/mol. The van der Waals surface area contributed by atoms with Crippen LogP contribution in [0, 0.1) is 6.92 Å². The maximum absolute atomic E-state index is 12.4. The summed E-state index contributed by atoms with van der Waals surface area (Å²) >= 11 is 0. The van der Waals surface area contributed by atoms with Crippen LogP contribution in [0.3, 0.4) is 0 Å². The van der Waals surface area contributed by atoms with Crippen molar-refractivity contribution in [2.24, 2.45) is 0 Å². The summed E-state index contributed by atoms with van der Waals surface area (Å²) < 4.78 is 27.2. The number of esters is 1. The summed E-state index contributed by atoms with van der Waals surface area (Å²) in [7, 11) is 1.38. The van der Waals surface area contributed by atoms with Gasteiger partial charge in [-0.25, -0.2) is 4.79 Å². The summed E-state index contributed by atoms with van der Waals surface area (Å²) in [4.78, 5) is 12.4. The zero-order valence-electron chi connectivity index (χ0n) is 14.8. The second-order valence-corrected chi connectivity index (χ2v) is 6.38. The van der Waals surface area contributed by atoms with Gasteiger partial charge in [-0.2, -0.15) is 0 Å². The lowest BCUT2D eigenvalue weighted by Crippen LogP contribution is -2.05. The van der Waals surface area contributed by atoms with Crippen LogP contribution in [-0.2, 0) is 4.74 Å². The van der Waals surface area contributed by atoms with Crippen molar-refractivity contribution in [3.8, 4) is 34.1 Å². The maximum atomic E-state index is 12.4. The Labute approximate surface area is 155 Å². The SMILES string of the molecule is COC(=O)c1cc2ccc3c(c2c(-c2ccc4c(c2)OCO4)c1C)OCO3. The van der Waals surface area contributed by atoms with Gasteiger partial charge in [0, 0.05) is 5.39 Å². The summed E-state index contributed by atoms with van der Waals surface area (Å²) in [6.07, 6.45) is 0. The summed E-state index contributed by atoms with van der Waals surface area (Å²) in [5.41, 5.74) is 3.10. The first-order valence-electron chi connectivity index (χ1n) is 8.51. The summed E-state index contributed by atoms with van der Waals surface area (Å²) in [6, 6.07) is 11.3. The molecule has 0 spiro atoms. The van der Waals surface area contributed by atoms with Crippen molar-refractivity contribution in [1.82, 2.24) is 0 Å². The Morgan fingerprint density at radius 2 is 1.67 bits per heavy atom. The maximum Gasteiger partial charge on any atom is 0.338 e. The lowest BCUT2D eigenvalue weighted by molar-refractivity contribution is 0.0600. The largest absolute Gasteiger partial charge is 0.465 e. The van der Waals surface area contributed by atoms with Crippen molar-refractivity contribution < 1.29 is 28.5 Å². The van der Waals surface area contributed by atoms with Gasteiger partial charge in [0.15, 0.2) is 23.0 Å². The molecular formula is C21H16O6. The molecule has 2 heterocycles. The first-order valence-corrected chi connectivity index (χ1v) is 8.51. The van der Waals surface area contributed by atoms with Crippen molar-refractivity contribution in [2.75, 3.05) is 20.7 Å². The van der Waals surface area contributed by atoms with Crippen LogP contribution in [0.25, 0.3) is 21.9 Å². The second-order valence-electron chi connectivity index (χ2n) is 6.38. The van der Waals surface area contributed by atoms with Gasteiger partial charge in [0.25, 0.3) is 0 Å². The molecule has 6 heteroatoms.